The summed E-state index contributed by atoms with van der Waals surface area (Å²) in [6, 6.07) is 21.0. The fourth-order valence-corrected chi connectivity index (χ4v) is 2.55. The summed E-state index contributed by atoms with van der Waals surface area (Å²) in [5.41, 5.74) is 8.06. The number of hydrogen-bond acceptors (Lipinski definition) is 1. The zero-order valence-electron chi connectivity index (χ0n) is 11.9. The average Bonchev–Trinajstić information content (AvgIpc) is 2.54. The molecule has 2 N–H and O–H groups in total. The second-order valence-corrected chi connectivity index (χ2v) is 5.01. The molecule has 104 valence electrons. The number of hydrogen-bond donors (Lipinski definition) is 1. The van der Waals surface area contributed by atoms with Gasteiger partial charge in [0.15, 0.2) is 12.7 Å². The van der Waals surface area contributed by atoms with Crippen molar-refractivity contribution in [2.24, 2.45) is 5.73 Å². The van der Waals surface area contributed by atoms with Crippen molar-refractivity contribution in [2.45, 2.75) is 6.54 Å². The minimum atomic E-state index is 0.643. The van der Waals surface area contributed by atoms with E-state index in [2.05, 4.69) is 77.5 Å². The average molecular weight is 275 g/mol. The summed E-state index contributed by atoms with van der Waals surface area (Å²) in [6.45, 7) is 1.47. The monoisotopic (exact) mass is 275 g/mol. The highest BCUT2D eigenvalue weighted by molar-refractivity contribution is 5.92. The first-order valence-electron chi connectivity index (χ1n) is 7.23. The maximum atomic E-state index is 5.67. The van der Waals surface area contributed by atoms with Crippen molar-refractivity contribution in [1.29, 1.82) is 0 Å². The van der Waals surface area contributed by atoms with Crippen LogP contribution < -0.4 is 10.3 Å². The van der Waals surface area contributed by atoms with Crippen molar-refractivity contribution in [3.8, 4) is 0 Å². The van der Waals surface area contributed by atoms with E-state index in [9.17, 15) is 0 Å². The van der Waals surface area contributed by atoms with E-state index in [1.807, 2.05) is 6.07 Å². The Kier molecular flexibility index (Phi) is 4.08. The Morgan fingerprint density at radius 1 is 0.857 bits per heavy atom. The van der Waals surface area contributed by atoms with Crippen molar-refractivity contribution in [3.05, 3.63) is 78.1 Å². The lowest BCUT2D eigenvalue weighted by molar-refractivity contribution is -0.696. The fraction of sp³-hybridized carbons (Fsp3) is 0.105. The van der Waals surface area contributed by atoms with Crippen LogP contribution in [0.3, 0.4) is 0 Å². The summed E-state index contributed by atoms with van der Waals surface area (Å²) in [5, 5.41) is 2.54. The standard InChI is InChI=1S/C19H19N2/c20-13-15-21-14-4-3-9-18(21)12-11-17-8-5-7-16-6-1-2-10-19(16)17/h1-12,14H,13,15,20H2/q+1/b12-11+. The first-order chi connectivity index (χ1) is 10.4. The number of pyridine rings is 1. The second-order valence-electron chi connectivity index (χ2n) is 5.01. The van der Waals surface area contributed by atoms with Gasteiger partial charge in [-0.2, -0.15) is 4.57 Å². The lowest BCUT2D eigenvalue weighted by Crippen LogP contribution is -2.39. The van der Waals surface area contributed by atoms with Gasteiger partial charge in [-0.25, -0.2) is 0 Å². The molecular weight excluding hydrogens is 256 g/mol. The SMILES string of the molecule is NCC[n+]1ccccc1/C=C/c1cccc2ccccc12. The van der Waals surface area contributed by atoms with Gasteiger partial charge in [0, 0.05) is 18.2 Å². The van der Waals surface area contributed by atoms with Crippen molar-refractivity contribution in [3.63, 3.8) is 0 Å². The van der Waals surface area contributed by atoms with Crippen LogP contribution in [-0.2, 0) is 6.54 Å². The van der Waals surface area contributed by atoms with E-state index in [4.69, 9.17) is 5.73 Å². The highest BCUT2D eigenvalue weighted by Gasteiger charge is 2.04. The molecule has 0 aliphatic carbocycles. The van der Waals surface area contributed by atoms with E-state index in [0.29, 0.717) is 6.54 Å². The predicted molar refractivity (Wildman–Crippen MR) is 88.6 cm³/mol. The van der Waals surface area contributed by atoms with Gasteiger partial charge in [0.2, 0.25) is 5.69 Å². The summed E-state index contributed by atoms with van der Waals surface area (Å²) < 4.78 is 2.17. The molecule has 0 unspecified atom stereocenters. The van der Waals surface area contributed by atoms with Crippen LogP contribution in [0.25, 0.3) is 22.9 Å². The van der Waals surface area contributed by atoms with Gasteiger partial charge in [0.1, 0.15) is 0 Å². The van der Waals surface area contributed by atoms with Crippen molar-refractivity contribution in [1.82, 2.24) is 0 Å². The van der Waals surface area contributed by atoms with E-state index in [0.717, 1.165) is 12.2 Å². The third-order valence-electron chi connectivity index (χ3n) is 3.60. The molecule has 0 saturated heterocycles. The summed E-state index contributed by atoms with van der Waals surface area (Å²) >= 11 is 0. The molecule has 0 bridgehead atoms. The van der Waals surface area contributed by atoms with Crippen LogP contribution in [0.15, 0.2) is 66.9 Å². The first kappa shape index (κ1) is 13.5. The minimum absolute atomic E-state index is 0.643. The van der Waals surface area contributed by atoms with Crippen LogP contribution in [0, 0.1) is 0 Å². The van der Waals surface area contributed by atoms with Gasteiger partial charge in [-0.05, 0) is 28.5 Å². The largest absolute Gasteiger partial charge is 0.325 e. The zero-order chi connectivity index (χ0) is 14.5. The predicted octanol–water partition coefficient (Wildman–Crippen LogP) is 3.26. The molecule has 3 aromatic rings. The lowest BCUT2D eigenvalue weighted by atomic mass is 10.0. The molecule has 0 amide bonds. The van der Waals surface area contributed by atoms with E-state index in [1.54, 1.807) is 0 Å². The molecule has 21 heavy (non-hydrogen) atoms. The molecule has 0 radical (unpaired) electrons. The number of fused-ring (bicyclic) bond motifs is 1. The molecular formula is C19H19N2+. The molecule has 1 aromatic heterocycles. The maximum absolute atomic E-state index is 5.67. The Balaban J connectivity index is 1.99. The third-order valence-corrected chi connectivity index (χ3v) is 3.60. The van der Waals surface area contributed by atoms with Gasteiger partial charge in [0.05, 0.1) is 6.54 Å². The molecule has 2 aromatic carbocycles. The fourth-order valence-electron chi connectivity index (χ4n) is 2.55. The Morgan fingerprint density at radius 3 is 2.57 bits per heavy atom. The Morgan fingerprint density at radius 2 is 1.67 bits per heavy atom. The van der Waals surface area contributed by atoms with E-state index < -0.39 is 0 Å². The number of aromatic nitrogens is 1. The van der Waals surface area contributed by atoms with Gasteiger partial charge >= 0.3 is 0 Å². The highest BCUT2D eigenvalue weighted by Crippen LogP contribution is 2.20. The van der Waals surface area contributed by atoms with Gasteiger partial charge in [-0.3, -0.25) is 0 Å². The van der Waals surface area contributed by atoms with Crippen molar-refractivity contribution in [2.75, 3.05) is 6.54 Å². The Hall–Kier alpha value is -2.45. The summed E-state index contributed by atoms with van der Waals surface area (Å²) in [7, 11) is 0. The van der Waals surface area contributed by atoms with Gasteiger partial charge < -0.3 is 5.73 Å². The number of benzene rings is 2. The smallest absolute Gasteiger partial charge is 0.205 e. The Labute approximate surface area is 125 Å². The first-order valence-corrected chi connectivity index (χ1v) is 7.23. The van der Waals surface area contributed by atoms with Gasteiger partial charge in [0.25, 0.3) is 0 Å². The van der Waals surface area contributed by atoms with E-state index in [1.165, 1.54) is 16.3 Å². The zero-order valence-corrected chi connectivity index (χ0v) is 11.9. The topological polar surface area (TPSA) is 29.9 Å². The lowest BCUT2D eigenvalue weighted by Gasteiger charge is -2.02. The molecule has 0 aliphatic heterocycles. The molecule has 3 rings (SSSR count). The maximum Gasteiger partial charge on any atom is 0.205 e. The molecule has 1 heterocycles. The third kappa shape index (κ3) is 3.01. The number of rotatable bonds is 4. The summed E-state index contributed by atoms with van der Waals surface area (Å²) in [6.07, 6.45) is 6.39. The normalized spacial score (nSPS) is 11.3. The van der Waals surface area contributed by atoms with Gasteiger partial charge in [-0.15, -0.1) is 0 Å². The molecule has 0 fully saturated rings. The highest BCUT2D eigenvalue weighted by atomic mass is 15.0. The molecule has 2 nitrogen and oxygen atoms in total. The van der Waals surface area contributed by atoms with Crippen LogP contribution >= 0.6 is 0 Å². The number of nitrogens with two attached hydrogens (primary N) is 1. The van der Waals surface area contributed by atoms with Crippen molar-refractivity contribution >= 4 is 22.9 Å². The van der Waals surface area contributed by atoms with Crippen LogP contribution in [0.5, 0.6) is 0 Å². The molecule has 2 heteroatoms. The quantitative estimate of drug-likeness (QED) is 0.728. The summed E-state index contributed by atoms with van der Waals surface area (Å²) in [4.78, 5) is 0. The van der Waals surface area contributed by atoms with E-state index >= 15 is 0 Å². The molecule has 0 saturated carbocycles. The minimum Gasteiger partial charge on any atom is -0.325 e. The van der Waals surface area contributed by atoms with Gasteiger partial charge in [-0.1, -0.05) is 42.5 Å². The van der Waals surface area contributed by atoms with Crippen LogP contribution in [0.2, 0.25) is 0 Å². The number of nitrogens with zero attached hydrogens (tertiary/aromatic N) is 1. The molecule has 0 spiro atoms. The van der Waals surface area contributed by atoms with Crippen LogP contribution in [-0.4, -0.2) is 6.54 Å². The van der Waals surface area contributed by atoms with Crippen LogP contribution in [0.4, 0.5) is 0 Å². The molecule has 0 aliphatic rings. The van der Waals surface area contributed by atoms with Crippen molar-refractivity contribution < 1.29 is 4.57 Å². The summed E-state index contributed by atoms with van der Waals surface area (Å²) in [5.74, 6) is 0. The second kappa shape index (κ2) is 6.33. The van der Waals surface area contributed by atoms with E-state index in [-0.39, 0.29) is 0 Å². The van der Waals surface area contributed by atoms with Crippen LogP contribution in [0.1, 0.15) is 11.3 Å². The molecule has 0 atom stereocenters. The Bertz CT molecular complexity index is 770.